The molecule has 38 heavy (non-hydrogen) atoms. The highest BCUT2D eigenvalue weighted by Gasteiger charge is 2.63. The van der Waals surface area contributed by atoms with Crippen molar-refractivity contribution in [2.75, 3.05) is 6.61 Å². The van der Waals surface area contributed by atoms with Crippen LogP contribution in [0.4, 0.5) is 0 Å². The van der Waals surface area contributed by atoms with Crippen molar-refractivity contribution in [1.82, 2.24) is 0 Å². The fourth-order valence-corrected chi connectivity index (χ4v) is 10.2. The van der Waals surface area contributed by atoms with Crippen LogP contribution in [0.2, 0.25) is 0 Å². The van der Waals surface area contributed by atoms with E-state index in [1.807, 2.05) is 24.3 Å². The lowest BCUT2D eigenvalue weighted by atomic mass is 9.44. The van der Waals surface area contributed by atoms with Gasteiger partial charge in [0, 0.05) is 23.2 Å². The van der Waals surface area contributed by atoms with Gasteiger partial charge in [-0.2, -0.15) is 0 Å². The van der Waals surface area contributed by atoms with Gasteiger partial charge in [-0.25, -0.2) is 9.78 Å². The van der Waals surface area contributed by atoms with Crippen LogP contribution in [0, 0.1) is 46.3 Å². The molecule has 1 spiro atoms. The molecule has 10 atom stereocenters. The molecule has 0 bridgehead atoms. The van der Waals surface area contributed by atoms with Gasteiger partial charge in [-0.05, 0) is 116 Å². The lowest BCUT2D eigenvalue weighted by molar-refractivity contribution is -0.489. The largest absolute Gasteiger partial charge is 0.344 e. The molecule has 0 aromatic heterocycles. The molecule has 1 aromatic rings. The first-order valence-electron chi connectivity index (χ1n) is 15.0. The molecule has 1 saturated heterocycles. The molecule has 6 rings (SSSR count). The maximum atomic E-state index is 12.3. The fraction of sp³-hybridized carbons (Fsp3) is 0.727. The van der Waals surface area contributed by atoms with Gasteiger partial charge in [0.05, 0.1) is 6.61 Å². The molecular weight excluding hydrogens is 540 g/mol. The smallest absolute Gasteiger partial charge is 0.202 e. The Morgan fingerprint density at radius 2 is 1.74 bits per heavy atom. The van der Waals surface area contributed by atoms with E-state index >= 15 is 0 Å². The van der Waals surface area contributed by atoms with Gasteiger partial charge >= 0.3 is 0 Å². The summed E-state index contributed by atoms with van der Waals surface area (Å²) in [6, 6.07) is 8.14. The van der Waals surface area contributed by atoms with Crippen LogP contribution in [-0.4, -0.2) is 24.3 Å². The molecule has 5 aliphatic rings. The van der Waals surface area contributed by atoms with Crippen molar-refractivity contribution in [1.29, 1.82) is 0 Å². The van der Waals surface area contributed by atoms with Crippen molar-refractivity contribution in [3.63, 3.8) is 0 Å². The van der Waals surface area contributed by atoms with Gasteiger partial charge in [0.2, 0.25) is 5.79 Å². The number of rotatable bonds is 4. The van der Waals surface area contributed by atoms with Crippen molar-refractivity contribution >= 4 is 27.3 Å². The number of ketones is 1. The molecule has 1 aromatic carbocycles. The van der Waals surface area contributed by atoms with E-state index < -0.39 is 5.79 Å². The van der Waals surface area contributed by atoms with Crippen molar-refractivity contribution in [3.05, 3.63) is 40.9 Å². The van der Waals surface area contributed by atoms with Crippen molar-refractivity contribution < 1.29 is 19.3 Å². The molecule has 0 radical (unpaired) electrons. The van der Waals surface area contributed by atoms with Gasteiger partial charge in [0.1, 0.15) is 11.9 Å². The van der Waals surface area contributed by atoms with Crippen LogP contribution in [0.25, 0.3) is 5.57 Å². The number of carbonyl (C=O) groups excluding carboxylic acids is 1. The maximum Gasteiger partial charge on any atom is 0.202 e. The molecule has 1 aliphatic heterocycles. The SMILES string of the molecule is C=C(c1ccc(Br)cc1)C1COC2(CC[C@]3(C)C4CC[C@]5(C)C(C(C)C(C)=O)CCC5C4CC[C@@H]3C2)OO1. The minimum Gasteiger partial charge on any atom is -0.344 e. The molecule has 4 aliphatic carbocycles. The number of Topliss-reactive ketones (excluding diaryl/α,β-unsaturated/α-hetero) is 1. The number of ether oxygens (including phenoxy) is 1. The Hall–Kier alpha value is -1.01. The zero-order valence-corrected chi connectivity index (χ0v) is 25.2. The Morgan fingerprint density at radius 3 is 2.42 bits per heavy atom. The lowest BCUT2D eigenvalue weighted by Crippen LogP contribution is -2.58. The minimum absolute atomic E-state index is 0.201. The predicted octanol–water partition coefficient (Wildman–Crippen LogP) is 8.39. The summed E-state index contributed by atoms with van der Waals surface area (Å²) in [7, 11) is 0. The summed E-state index contributed by atoms with van der Waals surface area (Å²) in [5.74, 6) is 3.48. The van der Waals surface area contributed by atoms with Crippen LogP contribution < -0.4 is 0 Å². The summed E-state index contributed by atoms with van der Waals surface area (Å²) in [6.07, 6.45) is 10.4. The third-order valence-corrected chi connectivity index (χ3v) is 12.9. The highest BCUT2D eigenvalue weighted by Crippen LogP contribution is 2.69. The van der Waals surface area contributed by atoms with Crippen molar-refractivity contribution in [2.45, 2.75) is 97.4 Å². The third-order valence-electron chi connectivity index (χ3n) is 12.4. The molecular formula is C33H45BrO4. The minimum atomic E-state index is -0.619. The molecule has 5 fully saturated rings. The first kappa shape index (κ1) is 27.2. The van der Waals surface area contributed by atoms with E-state index in [1.165, 1.54) is 38.5 Å². The molecule has 7 unspecified atom stereocenters. The van der Waals surface area contributed by atoms with E-state index in [4.69, 9.17) is 14.5 Å². The summed E-state index contributed by atoms with van der Waals surface area (Å²) < 4.78 is 7.56. The van der Waals surface area contributed by atoms with Gasteiger partial charge in [0.15, 0.2) is 0 Å². The van der Waals surface area contributed by atoms with Gasteiger partial charge in [-0.3, -0.25) is 4.79 Å². The average Bonchev–Trinajstić information content (AvgIpc) is 3.26. The molecule has 1 heterocycles. The Kier molecular flexibility index (Phi) is 7.02. The fourth-order valence-electron chi connectivity index (χ4n) is 9.98. The van der Waals surface area contributed by atoms with E-state index in [0.29, 0.717) is 35.1 Å². The number of benzene rings is 1. The normalized spacial score (nSPS) is 45.1. The van der Waals surface area contributed by atoms with E-state index in [0.717, 1.165) is 52.6 Å². The van der Waals surface area contributed by atoms with Gasteiger partial charge in [0.25, 0.3) is 0 Å². The van der Waals surface area contributed by atoms with Crippen LogP contribution in [-0.2, 0) is 19.3 Å². The maximum absolute atomic E-state index is 12.3. The molecule has 4 saturated carbocycles. The van der Waals surface area contributed by atoms with Crippen LogP contribution in [0.1, 0.15) is 91.0 Å². The molecule has 0 amide bonds. The summed E-state index contributed by atoms with van der Waals surface area (Å²) in [6.45, 7) is 13.9. The third kappa shape index (κ3) is 4.30. The molecule has 0 N–H and O–H groups in total. The average molecular weight is 586 g/mol. The molecule has 5 heteroatoms. The quantitative estimate of drug-likeness (QED) is 0.333. The number of hydrogen-bond donors (Lipinski definition) is 0. The first-order chi connectivity index (χ1) is 18.1. The second-order valence-corrected chi connectivity index (χ2v) is 14.8. The number of hydrogen-bond acceptors (Lipinski definition) is 4. The highest BCUT2D eigenvalue weighted by molar-refractivity contribution is 9.10. The van der Waals surface area contributed by atoms with Crippen LogP contribution >= 0.6 is 15.9 Å². The first-order valence-corrected chi connectivity index (χ1v) is 15.8. The number of fused-ring (bicyclic) bond motifs is 5. The second kappa shape index (κ2) is 9.82. The Bertz CT molecular complexity index is 1070. The standard InChI is InChI=1S/C33H45BrO4/c1-20(22(3)35)27-12-13-28-26-11-8-24-18-33(17-16-31(24,4)29(26)14-15-32(27,28)5)36-19-30(37-38-33)21(2)23-6-9-25(34)10-7-23/h6-7,9-10,20,24,26-30H,2,8,11-19H2,1,3-5H3/t20?,24-,26?,27?,28?,29?,30?,31+,32-,33?/m1/s1. The summed E-state index contributed by atoms with van der Waals surface area (Å²) in [5, 5.41) is 0. The molecule has 208 valence electrons. The van der Waals surface area contributed by atoms with E-state index in [9.17, 15) is 4.79 Å². The Balaban J connectivity index is 1.12. The van der Waals surface area contributed by atoms with Crippen LogP contribution in [0.5, 0.6) is 0 Å². The zero-order chi connectivity index (χ0) is 26.9. The van der Waals surface area contributed by atoms with Gasteiger partial charge < -0.3 is 4.74 Å². The number of carbonyl (C=O) groups is 1. The summed E-state index contributed by atoms with van der Waals surface area (Å²) in [5.41, 5.74) is 2.62. The van der Waals surface area contributed by atoms with E-state index in [2.05, 4.69) is 43.3 Å². The van der Waals surface area contributed by atoms with Crippen molar-refractivity contribution in [3.8, 4) is 0 Å². The van der Waals surface area contributed by atoms with E-state index in [-0.39, 0.29) is 12.0 Å². The van der Waals surface area contributed by atoms with Crippen LogP contribution in [0.3, 0.4) is 0 Å². The Morgan fingerprint density at radius 1 is 1.00 bits per heavy atom. The summed E-state index contributed by atoms with van der Waals surface area (Å²) >= 11 is 3.50. The zero-order valence-electron chi connectivity index (χ0n) is 23.6. The van der Waals surface area contributed by atoms with Gasteiger partial charge in [-0.15, -0.1) is 0 Å². The van der Waals surface area contributed by atoms with E-state index in [1.54, 1.807) is 6.92 Å². The second-order valence-electron chi connectivity index (χ2n) is 13.9. The van der Waals surface area contributed by atoms with Gasteiger partial charge in [-0.1, -0.05) is 55.4 Å². The monoisotopic (exact) mass is 584 g/mol. The molecule has 4 nitrogen and oxygen atoms in total. The predicted molar refractivity (Wildman–Crippen MR) is 153 cm³/mol. The van der Waals surface area contributed by atoms with Crippen LogP contribution in [0.15, 0.2) is 35.3 Å². The Labute approximate surface area is 237 Å². The highest BCUT2D eigenvalue weighted by atomic mass is 79.9. The number of halogens is 1. The van der Waals surface area contributed by atoms with Crippen molar-refractivity contribution in [2.24, 2.45) is 46.3 Å². The topological polar surface area (TPSA) is 44.8 Å². The lowest BCUT2D eigenvalue weighted by Gasteiger charge is -2.62. The summed E-state index contributed by atoms with van der Waals surface area (Å²) in [4.78, 5) is 24.5.